The first-order chi connectivity index (χ1) is 9.04. The van der Waals surface area contributed by atoms with Gasteiger partial charge in [0.05, 0.1) is 13.0 Å². The van der Waals surface area contributed by atoms with E-state index in [9.17, 15) is 4.79 Å². The topological polar surface area (TPSA) is 50.4 Å². The van der Waals surface area contributed by atoms with Crippen molar-refractivity contribution in [3.8, 4) is 5.75 Å². The Morgan fingerprint density at radius 1 is 1.37 bits per heavy atom. The Hall–Kier alpha value is -1.55. The molecule has 2 atom stereocenters. The fraction of sp³-hybridized carbons (Fsp3) is 0.533. The van der Waals surface area contributed by atoms with Gasteiger partial charge in [0.25, 0.3) is 0 Å². The number of nitrogens with one attached hydrogen (secondary N) is 2. The molecule has 4 nitrogen and oxygen atoms in total. The molecule has 1 aromatic rings. The van der Waals surface area contributed by atoms with Crippen LogP contribution in [0.1, 0.15) is 18.1 Å². The summed E-state index contributed by atoms with van der Waals surface area (Å²) < 4.78 is 5.38. The third-order valence-electron chi connectivity index (χ3n) is 3.92. The molecule has 0 bridgehead atoms. The first kappa shape index (κ1) is 13.9. The van der Waals surface area contributed by atoms with Crippen LogP contribution in [0.2, 0.25) is 0 Å². The van der Waals surface area contributed by atoms with Crippen LogP contribution in [-0.2, 0) is 4.79 Å². The number of hydrogen-bond donors (Lipinski definition) is 2. The highest BCUT2D eigenvalue weighted by molar-refractivity contribution is 5.94. The normalized spacial score (nSPS) is 22.3. The molecular weight excluding hydrogens is 240 g/mol. The van der Waals surface area contributed by atoms with Crippen LogP contribution in [0, 0.1) is 25.7 Å². The van der Waals surface area contributed by atoms with E-state index in [1.165, 1.54) is 0 Å². The van der Waals surface area contributed by atoms with Gasteiger partial charge in [-0.05, 0) is 37.9 Å². The summed E-state index contributed by atoms with van der Waals surface area (Å²) in [6, 6.07) is 3.91. The van der Waals surface area contributed by atoms with Crippen molar-refractivity contribution in [2.24, 2.45) is 11.8 Å². The first-order valence-corrected chi connectivity index (χ1v) is 6.70. The van der Waals surface area contributed by atoms with Crippen molar-refractivity contribution in [3.63, 3.8) is 0 Å². The SMILES string of the molecule is COc1c(C)ccc(NC(=O)[C@@H]2CNC[C@H]2C)c1C. The molecule has 1 amide bonds. The number of anilines is 1. The largest absolute Gasteiger partial charge is 0.496 e. The average molecular weight is 262 g/mol. The fourth-order valence-electron chi connectivity index (χ4n) is 2.66. The van der Waals surface area contributed by atoms with Crippen molar-refractivity contribution >= 4 is 11.6 Å². The number of hydrogen-bond acceptors (Lipinski definition) is 3. The van der Waals surface area contributed by atoms with E-state index in [2.05, 4.69) is 17.6 Å². The Labute approximate surface area is 114 Å². The lowest BCUT2D eigenvalue weighted by atomic mass is 9.97. The molecule has 1 aliphatic rings. The molecule has 0 aromatic heterocycles. The Morgan fingerprint density at radius 3 is 2.68 bits per heavy atom. The van der Waals surface area contributed by atoms with Crippen LogP contribution in [0.3, 0.4) is 0 Å². The fourth-order valence-corrected chi connectivity index (χ4v) is 2.66. The van der Waals surface area contributed by atoms with E-state index in [4.69, 9.17) is 4.74 Å². The maximum absolute atomic E-state index is 12.3. The Morgan fingerprint density at radius 2 is 2.11 bits per heavy atom. The Bertz CT molecular complexity index is 485. The summed E-state index contributed by atoms with van der Waals surface area (Å²) in [6.07, 6.45) is 0. The van der Waals surface area contributed by atoms with Gasteiger partial charge in [0.2, 0.25) is 5.91 Å². The van der Waals surface area contributed by atoms with E-state index in [0.717, 1.165) is 35.7 Å². The third-order valence-corrected chi connectivity index (χ3v) is 3.92. The van der Waals surface area contributed by atoms with E-state index in [1.54, 1.807) is 7.11 Å². The highest BCUT2D eigenvalue weighted by Crippen LogP contribution is 2.30. The lowest BCUT2D eigenvalue weighted by Gasteiger charge is -2.17. The second-order valence-corrected chi connectivity index (χ2v) is 5.32. The standard InChI is InChI=1S/C15H22N2O2/c1-9-5-6-13(11(3)14(9)19-4)17-15(18)12-8-16-7-10(12)2/h5-6,10,12,16H,7-8H2,1-4H3,(H,17,18)/t10-,12-/m1/s1. The van der Waals surface area contributed by atoms with Gasteiger partial charge in [-0.1, -0.05) is 13.0 Å². The average Bonchev–Trinajstić information content (AvgIpc) is 2.80. The third kappa shape index (κ3) is 2.73. The smallest absolute Gasteiger partial charge is 0.229 e. The summed E-state index contributed by atoms with van der Waals surface area (Å²) in [5.41, 5.74) is 2.90. The number of benzene rings is 1. The van der Waals surface area contributed by atoms with E-state index >= 15 is 0 Å². The number of amides is 1. The van der Waals surface area contributed by atoms with Crippen LogP contribution in [0.4, 0.5) is 5.69 Å². The highest BCUT2D eigenvalue weighted by Gasteiger charge is 2.29. The van der Waals surface area contributed by atoms with Crippen molar-refractivity contribution in [1.29, 1.82) is 0 Å². The highest BCUT2D eigenvalue weighted by atomic mass is 16.5. The number of carbonyl (C=O) groups excluding carboxylic acids is 1. The van der Waals surface area contributed by atoms with E-state index < -0.39 is 0 Å². The quantitative estimate of drug-likeness (QED) is 0.877. The maximum Gasteiger partial charge on any atom is 0.229 e. The molecule has 1 fully saturated rings. The zero-order chi connectivity index (χ0) is 14.0. The molecule has 1 aliphatic heterocycles. The maximum atomic E-state index is 12.3. The second kappa shape index (κ2) is 5.61. The summed E-state index contributed by atoms with van der Waals surface area (Å²) in [6.45, 7) is 7.74. The predicted molar refractivity (Wildman–Crippen MR) is 76.6 cm³/mol. The van der Waals surface area contributed by atoms with Crippen molar-refractivity contribution < 1.29 is 9.53 Å². The van der Waals surface area contributed by atoms with Crippen LogP contribution in [0.5, 0.6) is 5.75 Å². The van der Waals surface area contributed by atoms with Gasteiger partial charge in [-0.15, -0.1) is 0 Å². The molecule has 4 heteroatoms. The minimum Gasteiger partial charge on any atom is -0.496 e. The molecule has 0 unspecified atom stereocenters. The van der Waals surface area contributed by atoms with Crippen molar-refractivity contribution in [3.05, 3.63) is 23.3 Å². The Balaban J connectivity index is 2.17. The van der Waals surface area contributed by atoms with E-state index in [0.29, 0.717) is 5.92 Å². The van der Waals surface area contributed by atoms with Gasteiger partial charge in [0, 0.05) is 17.8 Å². The second-order valence-electron chi connectivity index (χ2n) is 5.32. The molecule has 19 heavy (non-hydrogen) atoms. The molecule has 2 N–H and O–H groups in total. The van der Waals surface area contributed by atoms with Gasteiger partial charge in [-0.2, -0.15) is 0 Å². The van der Waals surface area contributed by atoms with Crippen molar-refractivity contribution in [2.45, 2.75) is 20.8 Å². The molecule has 0 aliphatic carbocycles. The molecule has 2 rings (SSSR count). The molecule has 104 valence electrons. The molecule has 1 aromatic carbocycles. The summed E-state index contributed by atoms with van der Waals surface area (Å²) in [4.78, 5) is 12.3. The van der Waals surface area contributed by atoms with Crippen LogP contribution in [0.15, 0.2) is 12.1 Å². The number of ether oxygens (including phenoxy) is 1. The number of carbonyl (C=O) groups is 1. The van der Waals surface area contributed by atoms with E-state index in [-0.39, 0.29) is 11.8 Å². The van der Waals surface area contributed by atoms with Crippen molar-refractivity contribution in [2.75, 3.05) is 25.5 Å². The zero-order valence-corrected chi connectivity index (χ0v) is 12.0. The molecule has 0 radical (unpaired) electrons. The molecule has 0 spiro atoms. The van der Waals surface area contributed by atoms with Gasteiger partial charge in [-0.3, -0.25) is 4.79 Å². The summed E-state index contributed by atoms with van der Waals surface area (Å²) in [5, 5.41) is 6.28. The van der Waals surface area contributed by atoms with Gasteiger partial charge >= 0.3 is 0 Å². The zero-order valence-electron chi connectivity index (χ0n) is 12.0. The van der Waals surface area contributed by atoms with Crippen LogP contribution in [-0.4, -0.2) is 26.1 Å². The monoisotopic (exact) mass is 262 g/mol. The number of rotatable bonds is 3. The summed E-state index contributed by atoms with van der Waals surface area (Å²) >= 11 is 0. The molecule has 1 saturated heterocycles. The van der Waals surface area contributed by atoms with Crippen LogP contribution in [0.25, 0.3) is 0 Å². The molecule has 1 heterocycles. The predicted octanol–water partition coefficient (Wildman–Crippen LogP) is 2.11. The summed E-state index contributed by atoms with van der Waals surface area (Å²) in [7, 11) is 1.66. The minimum absolute atomic E-state index is 0.0479. The van der Waals surface area contributed by atoms with Gasteiger partial charge in [-0.25, -0.2) is 0 Å². The minimum atomic E-state index is 0.0479. The van der Waals surface area contributed by atoms with Crippen LogP contribution < -0.4 is 15.4 Å². The van der Waals surface area contributed by atoms with Gasteiger partial charge < -0.3 is 15.4 Å². The number of methoxy groups -OCH3 is 1. The Kier molecular flexibility index (Phi) is 4.10. The lowest BCUT2D eigenvalue weighted by Crippen LogP contribution is -2.28. The van der Waals surface area contributed by atoms with Crippen molar-refractivity contribution in [1.82, 2.24) is 5.32 Å². The lowest BCUT2D eigenvalue weighted by molar-refractivity contribution is -0.120. The summed E-state index contributed by atoms with van der Waals surface area (Å²) in [5.74, 6) is 1.36. The first-order valence-electron chi connectivity index (χ1n) is 6.70. The van der Waals surface area contributed by atoms with Crippen LogP contribution >= 0.6 is 0 Å². The van der Waals surface area contributed by atoms with Gasteiger partial charge in [0.1, 0.15) is 5.75 Å². The number of aryl methyl sites for hydroxylation is 1. The molecule has 0 saturated carbocycles. The van der Waals surface area contributed by atoms with Gasteiger partial charge in [0.15, 0.2) is 0 Å². The van der Waals surface area contributed by atoms with E-state index in [1.807, 2.05) is 26.0 Å². The molecular formula is C15H22N2O2.